The highest BCUT2D eigenvalue weighted by Crippen LogP contribution is 2.50. The Morgan fingerprint density at radius 3 is 2.76 bits per heavy atom. The third kappa shape index (κ3) is 4.64. The van der Waals surface area contributed by atoms with Crippen LogP contribution in [0.1, 0.15) is 24.8 Å². The van der Waals surface area contributed by atoms with Crippen LogP contribution in [0.5, 0.6) is 0 Å². The minimum absolute atomic E-state index is 0.0806. The highest BCUT2D eigenvalue weighted by Gasteiger charge is 2.44. The van der Waals surface area contributed by atoms with Crippen molar-refractivity contribution in [1.82, 2.24) is 0 Å². The van der Waals surface area contributed by atoms with Crippen LogP contribution in [0.25, 0.3) is 0 Å². The molecule has 6 heteroatoms. The Bertz CT molecular complexity index is 558. The van der Waals surface area contributed by atoms with E-state index in [2.05, 4.69) is 5.32 Å². The SMILES string of the molecule is Cc1c(Cl)cccc1NC(=O)CSCC1(CC(=O)O)CC1. The summed E-state index contributed by atoms with van der Waals surface area (Å²) in [5.41, 5.74) is 1.49. The summed E-state index contributed by atoms with van der Waals surface area (Å²) >= 11 is 7.50. The van der Waals surface area contributed by atoms with E-state index >= 15 is 0 Å². The van der Waals surface area contributed by atoms with Gasteiger partial charge in [0.15, 0.2) is 0 Å². The van der Waals surface area contributed by atoms with Crippen LogP contribution < -0.4 is 5.32 Å². The Balaban J connectivity index is 1.78. The van der Waals surface area contributed by atoms with Crippen molar-refractivity contribution in [2.45, 2.75) is 26.2 Å². The molecule has 1 amide bonds. The van der Waals surface area contributed by atoms with Crippen LogP contribution >= 0.6 is 23.4 Å². The van der Waals surface area contributed by atoms with Gasteiger partial charge in [0.05, 0.1) is 12.2 Å². The lowest BCUT2D eigenvalue weighted by Crippen LogP contribution is -2.17. The van der Waals surface area contributed by atoms with Gasteiger partial charge in [0, 0.05) is 10.7 Å². The van der Waals surface area contributed by atoms with Crippen molar-refractivity contribution in [3.05, 3.63) is 28.8 Å². The summed E-state index contributed by atoms with van der Waals surface area (Å²) in [6.07, 6.45) is 2.09. The molecule has 1 saturated carbocycles. The number of aliphatic carboxylic acids is 1. The molecule has 1 aromatic rings. The molecule has 1 aliphatic carbocycles. The molecule has 2 rings (SSSR count). The van der Waals surface area contributed by atoms with Crippen molar-refractivity contribution in [2.24, 2.45) is 5.41 Å². The first-order valence-corrected chi connectivity index (χ1v) is 8.30. The molecule has 1 fully saturated rings. The van der Waals surface area contributed by atoms with Gasteiger partial charge in [-0.15, -0.1) is 0 Å². The summed E-state index contributed by atoms with van der Waals surface area (Å²) in [6.45, 7) is 1.86. The maximum atomic E-state index is 11.9. The average molecular weight is 328 g/mol. The Labute approximate surface area is 133 Å². The Kier molecular flexibility index (Phi) is 5.17. The van der Waals surface area contributed by atoms with Crippen molar-refractivity contribution in [1.29, 1.82) is 0 Å². The number of amides is 1. The van der Waals surface area contributed by atoms with Crippen molar-refractivity contribution < 1.29 is 14.7 Å². The van der Waals surface area contributed by atoms with Gasteiger partial charge in [-0.3, -0.25) is 9.59 Å². The van der Waals surface area contributed by atoms with Crippen LogP contribution in [-0.2, 0) is 9.59 Å². The molecule has 0 radical (unpaired) electrons. The van der Waals surface area contributed by atoms with Gasteiger partial charge in [0.1, 0.15) is 0 Å². The summed E-state index contributed by atoms with van der Waals surface area (Å²) in [5.74, 6) is 0.206. The number of anilines is 1. The monoisotopic (exact) mass is 327 g/mol. The molecule has 0 atom stereocenters. The molecule has 2 N–H and O–H groups in total. The highest BCUT2D eigenvalue weighted by molar-refractivity contribution is 8.00. The molecule has 0 aliphatic heterocycles. The number of hydrogen-bond acceptors (Lipinski definition) is 3. The van der Waals surface area contributed by atoms with E-state index in [0.717, 1.165) is 29.8 Å². The standard InChI is InChI=1S/C15H18ClNO3S/c1-10-11(16)3-2-4-12(10)17-13(18)8-21-9-15(5-6-15)7-14(19)20/h2-4H,5-9H2,1H3,(H,17,18)(H,19,20). The van der Waals surface area contributed by atoms with Gasteiger partial charge < -0.3 is 10.4 Å². The predicted octanol–water partition coefficient (Wildman–Crippen LogP) is 3.58. The Morgan fingerprint density at radius 2 is 2.14 bits per heavy atom. The molecule has 0 aromatic heterocycles. The number of carbonyl (C=O) groups is 2. The molecule has 4 nitrogen and oxygen atoms in total. The van der Waals surface area contributed by atoms with Crippen LogP contribution in [-0.4, -0.2) is 28.5 Å². The summed E-state index contributed by atoms with van der Waals surface area (Å²) in [4.78, 5) is 22.7. The van der Waals surface area contributed by atoms with Gasteiger partial charge in [-0.25, -0.2) is 0 Å². The third-order valence-corrected chi connectivity index (χ3v) is 5.36. The number of carbonyl (C=O) groups excluding carboxylic acids is 1. The van der Waals surface area contributed by atoms with Gasteiger partial charge in [-0.1, -0.05) is 17.7 Å². The second kappa shape index (κ2) is 6.71. The van der Waals surface area contributed by atoms with Gasteiger partial charge in [-0.2, -0.15) is 11.8 Å². The fraction of sp³-hybridized carbons (Fsp3) is 0.467. The molecule has 0 spiro atoms. The summed E-state index contributed by atoms with van der Waals surface area (Å²) in [6, 6.07) is 5.39. The van der Waals surface area contributed by atoms with Crippen molar-refractivity contribution in [3.63, 3.8) is 0 Å². The summed E-state index contributed by atoms with van der Waals surface area (Å²) in [5, 5.41) is 12.3. The predicted molar refractivity (Wildman–Crippen MR) is 86.1 cm³/mol. The lowest BCUT2D eigenvalue weighted by Gasteiger charge is -2.12. The molecule has 114 valence electrons. The quantitative estimate of drug-likeness (QED) is 0.803. The van der Waals surface area contributed by atoms with Crippen LogP contribution in [0.3, 0.4) is 0 Å². The van der Waals surface area contributed by atoms with E-state index in [1.54, 1.807) is 12.1 Å². The molecule has 0 bridgehead atoms. The molecule has 0 heterocycles. The normalized spacial score (nSPS) is 15.5. The van der Waals surface area contributed by atoms with Crippen LogP contribution in [0.2, 0.25) is 5.02 Å². The first-order chi connectivity index (χ1) is 9.92. The fourth-order valence-electron chi connectivity index (χ4n) is 2.16. The maximum Gasteiger partial charge on any atom is 0.303 e. The van der Waals surface area contributed by atoms with Crippen molar-refractivity contribution in [2.75, 3.05) is 16.8 Å². The zero-order chi connectivity index (χ0) is 15.5. The molecule has 0 saturated heterocycles. The summed E-state index contributed by atoms with van der Waals surface area (Å²) in [7, 11) is 0. The van der Waals surface area contributed by atoms with Gasteiger partial charge in [-0.05, 0) is 48.6 Å². The molecular formula is C15H18ClNO3S. The number of hydrogen-bond donors (Lipinski definition) is 2. The molecule has 21 heavy (non-hydrogen) atoms. The molecular weight excluding hydrogens is 310 g/mol. The molecule has 1 aliphatic rings. The average Bonchev–Trinajstić information content (AvgIpc) is 3.14. The second-order valence-corrected chi connectivity index (χ2v) is 6.92. The number of carboxylic acid groups (broad SMARTS) is 1. The number of nitrogens with one attached hydrogen (secondary N) is 1. The number of carboxylic acids is 1. The Hall–Kier alpha value is -1.20. The van der Waals surface area contributed by atoms with Gasteiger partial charge >= 0.3 is 5.97 Å². The maximum absolute atomic E-state index is 11.9. The minimum Gasteiger partial charge on any atom is -0.481 e. The van der Waals surface area contributed by atoms with Crippen molar-refractivity contribution in [3.8, 4) is 0 Å². The number of halogens is 1. The van der Waals surface area contributed by atoms with E-state index < -0.39 is 5.97 Å². The van der Waals surface area contributed by atoms with Gasteiger partial charge in [0.25, 0.3) is 0 Å². The Morgan fingerprint density at radius 1 is 1.43 bits per heavy atom. The third-order valence-electron chi connectivity index (χ3n) is 3.67. The zero-order valence-electron chi connectivity index (χ0n) is 11.8. The first kappa shape index (κ1) is 16.2. The zero-order valence-corrected chi connectivity index (χ0v) is 13.4. The lowest BCUT2D eigenvalue weighted by atomic mass is 10.1. The first-order valence-electron chi connectivity index (χ1n) is 6.76. The largest absolute Gasteiger partial charge is 0.481 e. The van der Waals surface area contributed by atoms with Crippen LogP contribution in [0.4, 0.5) is 5.69 Å². The summed E-state index contributed by atoms with van der Waals surface area (Å²) < 4.78 is 0. The van der Waals surface area contributed by atoms with Gasteiger partial charge in [0.2, 0.25) is 5.91 Å². The highest BCUT2D eigenvalue weighted by atomic mass is 35.5. The topological polar surface area (TPSA) is 66.4 Å². The van der Waals surface area contributed by atoms with Crippen LogP contribution in [0, 0.1) is 12.3 Å². The minimum atomic E-state index is -0.757. The van der Waals surface area contributed by atoms with Crippen LogP contribution in [0.15, 0.2) is 18.2 Å². The van der Waals surface area contributed by atoms with E-state index in [-0.39, 0.29) is 17.7 Å². The lowest BCUT2D eigenvalue weighted by molar-refractivity contribution is -0.138. The fourth-order valence-corrected chi connectivity index (χ4v) is 3.52. The van der Waals surface area contributed by atoms with E-state index in [4.69, 9.17) is 16.7 Å². The van der Waals surface area contributed by atoms with E-state index in [1.807, 2.05) is 13.0 Å². The van der Waals surface area contributed by atoms with E-state index in [0.29, 0.717) is 10.8 Å². The number of benzene rings is 1. The van der Waals surface area contributed by atoms with E-state index in [9.17, 15) is 9.59 Å². The van der Waals surface area contributed by atoms with E-state index in [1.165, 1.54) is 11.8 Å². The van der Waals surface area contributed by atoms with Crippen molar-refractivity contribution >= 4 is 40.9 Å². The number of thioether (sulfide) groups is 1. The second-order valence-electron chi connectivity index (χ2n) is 5.52. The molecule has 0 unspecified atom stereocenters. The smallest absolute Gasteiger partial charge is 0.303 e. The number of rotatable bonds is 7. The molecule has 1 aromatic carbocycles.